The fraction of sp³-hybridized carbons (Fsp3) is 0.474. The molecule has 0 bridgehead atoms. The van der Waals surface area contributed by atoms with Crippen LogP contribution in [0.25, 0.3) is 0 Å². The molecule has 2 aromatic rings. The lowest BCUT2D eigenvalue weighted by molar-refractivity contribution is -0.146. The third kappa shape index (κ3) is 3.91. The molecule has 1 saturated heterocycles. The summed E-state index contributed by atoms with van der Waals surface area (Å²) in [6.07, 6.45) is 4.87. The second-order valence-corrected chi connectivity index (χ2v) is 7.38. The van der Waals surface area contributed by atoms with E-state index in [1.54, 1.807) is 18.5 Å². The standard InChI is InChI=1S/C19H21ClFN5O3/c1-28-15-11-23-18(20)24-16(15)25-6-3-19(21,4-7-25)17(27)26-8-9-29-14-2-5-22-10-13(14)12-26/h2,5,10-11H,3-4,6-9,12H2,1H3. The first-order valence-electron chi connectivity index (χ1n) is 9.35. The lowest BCUT2D eigenvalue weighted by atomic mass is 9.91. The number of methoxy groups -OCH3 is 1. The van der Waals surface area contributed by atoms with Crippen LogP contribution in [0.2, 0.25) is 5.28 Å². The molecule has 0 radical (unpaired) electrons. The quantitative estimate of drug-likeness (QED) is 0.703. The van der Waals surface area contributed by atoms with Crippen molar-refractivity contribution in [2.75, 3.05) is 38.3 Å². The molecule has 29 heavy (non-hydrogen) atoms. The van der Waals surface area contributed by atoms with Crippen molar-refractivity contribution in [1.29, 1.82) is 0 Å². The molecule has 1 amide bonds. The van der Waals surface area contributed by atoms with Crippen LogP contribution in [0.15, 0.2) is 24.7 Å². The minimum Gasteiger partial charge on any atom is -0.491 e. The summed E-state index contributed by atoms with van der Waals surface area (Å²) >= 11 is 5.90. The van der Waals surface area contributed by atoms with E-state index in [9.17, 15) is 4.79 Å². The van der Waals surface area contributed by atoms with Gasteiger partial charge in [-0.1, -0.05) is 0 Å². The number of carbonyl (C=O) groups excluding carboxylic acids is 1. The molecule has 0 N–H and O–H groups in total. The van der Waals surface area contributed by atoms with Gasteiger partial charge in [-0.05, 0) is 17.7 Å². The maximum Gasteiger partial charge on any atom is 0.260 e. The molecule has 1 fully saturated rings. The van der Waals surface area contributed by atoms with Crippen LogP contribution in [-0.4, -0.2) is 64.8 Å². The van der Waals surface area contributed by atoms with E-state index in [4.69, 9.17) is 21.1 Å². The zero-order valence-electron chi connectivity index (χ0n) is 16.0. The summed E-state index contributed by atoms with van der Waals surface area (Å²) in [5.41, 5.74) is -1.16. The van der Waals surface area contributed by atoms with Gasteiger partial charge in [-0.25, -0.2) is 9.37 Å². The SMILES string of the molecule is COc1cnc(Cl)nc1N1CCC(F)(C(=O)N2CCOc3ccncc3C2)CC1. The van der Waals surface area contributed by atoms with Crippen LogP contribution >= 0.6 is 11.6 Å². The Morgan fingerprint density at radius 1 is 1.31 bits per heavy atom. The van der Waals surface area contributed by atoms with E-state index in [0.717, 1.165) is 5.56 Å². The largest absolute Gasteiger partial charge is 0.491 e. The van der Waals surface area contributed by atoms with Gasteiger partial charge in [0.1, 0.15) is 12.4 Å². The number of anilines is 1. The Labute approximate surface area is 172 Å². The first-order chi connectivity index (χ1) is 14.0. The van der Waals surface area contributed by atoms with Gasteiger partial charge in [0.05, 0.1) is 26.4 Å². The predicted octanol–water partition coefficient (Wildman–Crippen LogP) is 2.26. The Morgan fingerprint density at radius 3 is 2.86 bits per heavy atom. The fourth-order valence-corrected chi connectivity index (χ4v) is 3.81. The van der Waals surface area contributed by atoms with Gasteiger partial charge in [0.2, 0.25) is 5.28 Å². The molecular formula is C19H21ClFN5O3. The number of hydrogen-bond acceptors (Lipinski definition) is 7. The Balaban J connectivity index is 1.47. The van der Waals surface area contributed by atoms with Crippen LogP contribution in [0, 0.1) is 0 Å². The van der Waals surface area contributed by atoms with Crippen LogP contribution in [0.1, 0.15) is 18.4 Å². The molecule has 0 aromatic carbocycles. The number of rotatable bonds is 3. The molecular weight excluding hydrogens is 401 g/mol. The summed E-state index contributed by atoms with van der Waals surface area (Å²) in [5, 5.41) is 0.0887. The Morgan fingerprint density at radius 2 is 2.10 bits per heavy atom. The highest BCUT2D eigenvalue weighted by atomic mass is 35.5. The van der Waals surface area contributed by atoms with Gasteiger partial charge >= 0.3 is 0 Å². The maximum absolute atomic E-state index is 15.6. The average molecular weight is 422 g/mol. The number of nitrogens with zero attached hydrogens (tertiary/aromatic N) is 5. The third-order valence-electron chi connectivity index (χ3n) is 5.29. The topological polar surface area (TPSA) is 80.7 Å². The third-order valence-corrected chi connectivity index (χ3v) is 5.47. The van der Waals surface area contributed by atoms with Crippen LogP contribution in [-0.2, 0) is 11.3 Å². The number of alkyl halides is 1. The number of amides is 1. The zero-order chi connectivity index (χ0) is 20.4. The number of aromatic nitrogens is 3. The minimum atomic E-state index is -1.94. The van der Waals surface area contributed by atoms with Crippen LogP contribution < -0.4 is 14.4 Å². The lowest BCUT2D eigenvalue weighted by Crippen LogP contribution is -2.52. The monoisotopic (exact) mass is 421 g/mol. The molecule has 2 aromatic heterocycles. The summed E-state index contributed by atoms with van der Waals surface area (Å²) in [4.78, 5) is 28.6. The number of fused-ring (bicyclic) bond motifs is 1. The Kier molecular flexibility index (Phi) is 5.40. The van der Waals surface area contributed by atoms with Crippen molar-refractivity contribution < 1.29 is 18.7 Å². The van der Waals surface area contributed by atoms with Crippen LogP contribution in [0.4, 0.5) is 10.2 Å². The number of ether oxygens (including phenoxy) is 2. The van der Waals surface area contributed by atoms with E-state index in [0.29, 0.717) is 43.6 Å². The van der Waals surface area contributed by atoms with E-state index < -0.39 is 11.6 Å². The fourth-order valence-electron chi connectivity index (χ4n) is 3.68. The highest BCUT2D eigenvalue weighted by Gasteiger charge is 2.45. The summed E-state index contributed by atoms with van der Waals surface area (Å²) in [6.45, 7) is 1.56. The molecule has 2 aliphatic rings. The highest BCUT2D eigenvalue weighted by Crippen LogP contribution is 2.35. The van der Waals surface area contributed by atoms with E-state index in [2.05, 4.69) is 15.0 Å². The van der Waals surface area contributed by atoms with Crippen molar-refractivity contribution in [3.8, 4) is 11.5 Å². The van der Waals surface area contributed by atoms with E-state index >= 15 is 4.39 Å². The van der Waals surface area contributed by atoms with Gasteiger partial charge in [-0.15, -0.1) is 0 Å². The maximum atomic E-state index is 15.6. The van der Waals surface area contributed by atoms with Crippen molar-refractivity contribution in [2.24, 2.45) is 0 Å². The first kappa shape index (κ1) is 19.6. The van der Waals surface area contributed by atoms with Crippen LogP contribution in [0.5, 0.6) is 11.5 Å². The lowest BCUT2D eigenvalue weighted by Gasteiger charge is -2.38. The summed E-state index contributed by atoms with van der Waals surface area (Å²) < 4.78 is 26.6. The summed E-state index contributed by atoms with van der Waals surface area (Å²) in [6, 6.07) is 1.76. The molecule has 0 unspecified atom stereocenters. The van der Waals surface area contributed by atoms with Gasteiger partial charge in [-0.2, -0.15) is 4.98 Å². The second-order valence-electron chi connectivity index (χ2n) is 7.04. The number of piperidine rings is 1. The van der Waals surface area contributed by atoms with E-state index in [1.165, 1.54) is 18.2 Å². The van der Waals surface area contributed by atoms with Crippen molar-refractivity contribution in [1.82, 2.24) is 19.9 Å². The Bertz CT molecular complexity index is 907. The molecule has 8 nitrogen and oxygen atoms in total. The second kappa shape index (κ2) is 7.98. The number of halogens is 2. The van der Waals surface area contributed by atoms with Gasteiger partial charge in [0, 0.05) is 43.9 Å². The molecule has 4 rings (SSSR count). The zero-order valence-corrected chi connectivity index (χ0v) is 16.7. The summed E-state index contributed by atoms with van der Waals surface area (Å²) in [7, 11) is 1.51. The molecule has 154 valence electrons. The molecule has 4 heterocycles. The highest BCUT2D eigenvalue weighted by molar-refractivity contribution is 6.28. The Hall–Kier alpha value is -2.68. The number of carbonyl (C=O) groups is 1. The van der Waals surface area contributed by atoms with Gasteiger partial charge in [0.25, 0.3) is 5.91 Å². The van der Waals surface area contributed by atoms with Crippen LogP contribution in [0.3, 0.4) is 0 Å². The normalized spacial score (nSPS) is 18.4. The smallest absolute Gasteiger partial charge is 0.260 e. The first-order valence-corrected chi connectivity index (χ1v) is 9.73. The van der Waals surface area contributed by atoms with Gasteiger partial charge in [0.15, 0.2) is 17.2 Å². The van der Waals surface area contributed by atoms with Crippen molar-refractivity contribution in [3.05, 3.63) is 35.5 Å². The van der Waals surface area contributed by atoms with Gasteiger partial charge < -0.3 is 19.3 Å². The minimum absolute atomic E-state index is 0.0495. The predicted molar refractivity (Wildman–Crippen MR) is 104 cm³/mol. The van der Waals surface area contributed by atoms with Crippen molar-refractivity contribution in [2.45, 2.75) is 25.1 Å². The van der Waals surface area contributed by atoms with E-state index in [-0.39, 0.29) is 24.7 Å². The van der Waals surface area contributed by atoms with Gasteiger partial charge in [-0.3, -0.25) is 9.78 Å². The molecule has 2 aliphatic heterocycles. The molecule has 10 heteroatoms. The molecule has 0 aliphatic carbocycles. The van der Waals surface area contributed by atoms with E-state index in [1.807, 2.05) is 4.90 Å². The van der Waals surface area contributed by atoms with Crippen molar-refractivity contribution >= 4 is 23.3 Å². The number of hydrogen-bond donors (Lipinski definition) is 0. The average Bonchev–Trinajstić information content (AvgIpc) is 2.96. The molecule has 0 saturated carbocycles. The molecule has 0 spiro atoms. The number of pyridine rings is 1. The summed E-state index contributed by atoms with van der Waals surface area (Å²) in [5.74, 6) is 1.14. The molecule has 0 atom stereocenters. The van der Waals surface area contributed by atoms with Crippen molar-refractivity contribution in [3.63, 3.8) is 0 Å².